The van der Waals surface area contributed by atoms with Crippen molar-refractivity contribution in [2.24, 2.45) is 16.8 Å². The molecule has 1 atom stereocenters. The van der Waals surface area contributed by atoms with Gasteiger partial charge < -0.3 is 15.8 Å². The fraction of sp³-hybridized carbons (Fsp3) is 0.750. The third-order valence-electron chi connectivity index (χ3n) is 1.90. The normalized spacial score (nSPS) is 13.9. The molecule has 0 heterocycles. The number of oxime groups is 1. The van der Waals surface area contributed by atoms with E-state index in [-0.39, 0.29) is 17.7 Å². The van der Waals surface area contributed by atoms with Gasteiger partial charge in [-0.2, -0.15) is 0 Å². The third-order valence-corrected chi connectivity index (χ3v) is 1.90. The standard InChI is InChI=1S/C8H17N3O2/c1-4-7(12)11(3)5-6(2)8(9)10-13/h6,13H,4-5H2,1-3H3,(H2,9,10). The summed E-state index contributed by atoms with van der Waals surface area (Å²) in [5.74, 6) is 0.0823. The highest BCUT2D eigenvalue weighted by atomic mass is 16.4. The highest BCUT2D eigenvalue weighted by molar-refractivity contribution is 5.83. The van der Waals surface area contributed by atoms with Crippen LogP contribution in [-0.4, -0.2) is 35.4 Å². The van der Waals surface area contributed by atoms with E-state index in [1.54, 1.807) is 25.8 Å². The molecular weight excluding hydrogens is 170 g/mol. The van der Waals surface area contributed by atoms with E-state index in [1.165, 1.54) is 0 Å². The molecule has 0 saturated heterocycles. The van der Waals surface area contributed by atoms with Crippen LogP contribution in [0.2, 0.25) is 0 Å². The number of hydrogen-bond donors (Lipinski definition) is 2. The van der Waals surface area contributed by atoms with Crippen LogP contribution < -0.4 is 5.73 Å². The predicted molar refractivity (Wildman–Crippen MR) is 50.5 cm³/mol. The van der Waals surface area contributed by atoms with E-state index < -0.39 is 0 Å². The Labute approximate surface area is 78.2 Å². The molecule has 76 valence electrons. The Kier molecular flexibility index (Phi) is 4.87. The minimum Gasteiger partial charge on any atom is -0.409 e. The smallest absolute Gasteiger partial charge is 0.222 e. The van der Waals surface area contributed by atoms with Gasteiger partial charge in [-0.15, -0.1) is 0 Å². The molecule has 1 amide bonds. The van der Waals surface area contributed by atoms with Crippen molar-refractivity contribution < 1.29 is 10.0 Å². The summed E-state index contributed by atoms with van der Waals surface area (Å²) < 4.78 is 0. The fourth-order valence-corrected chi connectivity index (χ4v) is 0.975. The van der Waals surface area contributed by atoms with Crippen molar-refractivity contribution in [2.75, 3.05) is 13.6 Å². The van der Waals surface area contributed by atoms with Crippen LogP contribution in [0, 0.1) is 5.92 Å². The predicted octanol–water partition coefficient (Wildman–Crippen LogP) is 0.237. The molecule has 0 aliphatic heterocycles. The van der Waals surface area contributed by atoms with Crippen molar-refractivity contribution in [3.05, 3.63) is 0 Å². The Morgan fingerprint density at radius 2 is 2.23 bits per heavy atom. The zero-order chi connectivity index (χ0) is 10.4. The average molecular weight is 187 g/mol. The van der Waals surface area contributed by atoms with Crippen LogP contribution in [-0.2, 0) is 4.79 Å². The van der Waals surface area contributed by atoms with Crippen molar-refractivity contribution in [2.45, 2.75) is 20.3 Å². The maximum absolute atomic E-state index is 11.1. The molecule has 13 heavy (non-hydrogen) atoms. The summed E-state index contributed by atoms with van der Waals surface area (Å²) in [5.41, 5.74) is 5.37. The maximum Gasteiger partial charge on any atom is 0.222 e. The fourth-order valence-electron chi connectivity index (χ4n) is 0.975. The molecule has 0 saturated carbocycles. The van der Waals surface area contributed by atoms with E-state index in [9.17, 15) is 4.79 Å². The van der Waals surface area contributed by atoms with E-state index in [0.717, 1.165) is 0 Å². The number of amidine groups is 1. The van der Waals surface area contributed by atoms with E-state index in [2.05, 4.69) is 5.16 Å². The second kappa shape index (κ2) is 5.40. The molecular formula is C8H17N3O2. The zero-order valence-corrected chi connectivity index (χ0v) is 8.32. The average Bonchev–Trinajstić information content (AvgIpc) is 2.14. The first kappa shape index (κ1) is 11.7. The van der Waals surface area contributed by atoms with Crippen molar-refractivity contribution in [1.82, 2.24) is 4.90 Å². The van der Waals surface area contributed by atoms with Crippen LogP contribution in [0.3, 0.4) is 0 Å². The Bertz CT molecular complexity index is 204. The Balaban J connectivity index is 4.06. The number of carbonyl (C=O) groups excluding carboxylic acids is 1. The topological polar surface area (TPSA) is 78.9 Å². The Morgan fingerprint density at radius 1 is 1.69 bits per heavy atom. The molecule has 1 unspecified atom stereocenters. The summed E-state index contributed by atoms with van der Waals surface area (Å²) in [5, 5.41) is 11.3. The van der Waals surface area contributed by atoms with Gasteiger partial charge in [0.25, 0.3) is 0 Å². The summed E-state index contributed by atoms with van der Waals surface area (Å²) in [7, 11) is 1.70. The molecule has 0 aromatic carbocycles. The molecule has 0 rings (SSSR count). The molecule has 0 fully saturated rings. The lowest BCUT2D eigenvalue weighted by molar-refractivity contribution is -0.129. The molecule has 5 heteroatoms. The molecule has 0 aromatic rings. The van der Waals surface area contributed by atoms with Crippen LogP contribution >= 0.6 is 0 Å². The molecule has 5 nitrogen and oxygen atoms in total. The van der Waals surface area contributed by atoms with Gasteiger partial charge >= 0.3 is 0 Å². The SMILES string of the molecule is CCC(=O)N(C)CC(C)C(N)=NO. The highest BCUT2D eigenvalue weighted by Gasteiger charge is 2.13. The van der Waals surface area contributed by atoms with Gasteiger partial charge in [-0.3, -0.25) is 4.79 Å². The number of amides is 1. The van der Waals surface area contributed by atoms with Crippen molar-refractivity contribution in [3.8, 4) is 0 Å². The van der Waals surface area contributed by atoms with Gasteiger partial charge in [-0.1, -0.05) is 19.0 Å². The van der Waals surface area contributed by atoms with Gasteiger partial charge in [0, 0.05) is 25.9 Å². The number of nitrogens with zero attached hydrogens (tertiary/aromatic N) is 2. The molecule has 0 radical (unpaired) electrons. The van der Waals surface area contributed by atoms with Gasteiger partial charge in [-0.05, 0) is 0 Å². The zero-order valence-electron chi connectivity index (χ0n) is 8.32. The molecule has 0 aliphatic rings. The van der Waals surface area contributed by atoms with Crippen LogP contribution in [0.25, 0.3) is 0 Å². The van der Waals surface area contributed by atoms with Crippen LogP contribution in [0.5, 0.6) is 0 Å². The van der Waals surface area contributed by atoms with Crippen molar-refractivity contribution in [3.63, 3.8) is 0 Å². The molecule has 0 spiro atoms. The third kappa shape index (κ3) is 3.78. The van der Waals surface area contributed by atoms with E-state index >= 15 is 0 Å². The second-order valence-electron chi connectivity index (χ2n) is 3.05. The second-order valence-corrected chi connectivity index (χ2v) is 3.05. The minimum atomic E-state index is -0.120. The first-order valence-corrected chi connectivity index (χ1v) is 4.24. The number of nitrogens with two attached hydrogens (primary N) is 1. The monoisotopic (exact) mass is 187 g/mol. The van der Waals surface area contributed by atoms with Gasteiger partial charge in [-0.25, -0.2) is 0 Å². The molecule has 3 N–H and O–H groups in total. The van der Waals surface area contributed by atoms with E-state index in [4.69, 9.17) is 10.9 Å². The van der Waals surface area contributed by atoms with Crippen LogP contribution in [0.15, 0.2) is 5.16 Å². The van der Waals surface area contributed by atoms with Gasteiger partial charge in [0.05, 0.1) is 0 Å². The molecule has 0 aromatic heterocycles. The Morgan fingerprint density at radius 3 is 2.62 bits per heavy atom. The summed E-state index contributed by atoms with van der Waals surface area (Å²) in [6, 6.07) is 0. The summed E-state index contributed by atoms with van der Waals surface area (Å²) in [6.07, 6.45) is 0.472. The maximum atomic E-state index is 11.1. The summed E-state index contributed by atoms with van der Waals surface area (Å²) >= 11 is 0. The van der Waals surface area contributed by atoms with Crippen LogP contribution in [0.4, 0.5) is 0 Å². The van der Waals surface area contributed by atoms with Crippen molar-refractivity contribution >= 4 is 11.7 Å². The lowest BCUT2D eigenvalue weighted by Crippen LogP contribution is -2.35. The summed E-state index contributed by atoms with van der Waals surface area (Å²) in [4.78, 5) is 12.7. The first-order chi connectivity index (χ1) is 6.02. The summed E-state index contributed by atoms with van der Waals surface area (Å²) in [6.45, 7) is 4.07. The largest absolute Gasteiger partial charge is 0.409 e. The lowest BCUT2D eigenvalue weighted by atomic mass is 10.1. The highest BCUT2D eigenvalue weighted by Crippen LogP contribution is 1.99. The number of carbonyl (C=O) groups is 1. The van der Waals surface area contributed by atoms with Gasteiger partial charge in [0.15, 0.2) is 0 Å². The molecule has 0 bridgehead atoms. The lowest BCUT2D eigenvalue weighted by Gasteiger charge is -2.20. The quantitative estimate of drug-likeness (QED) is 0.286. The van der Waals surface area contributed by atoms with E-state index in [1.807, 2.05) is 0 Å². The van der Waals surface area contributed by atoms with Crippen molar-refractivity contribution in [1.29, 1.82) is 0 Å². The Hall–Kier alpha value is -1.26. The molecule has 0 aliphatic carbocycles. The first-order valence-electron chi connectivity index (χ1n) is 4.24. The van der Waals surface area contributed by atoms with Gasteiger partial charge in [0.2, 0.25) is 5.91 Å². The van der Waals surface area contributed by atoms with Crippen LogP contribution in [0.1, 0.15) is 20.3 Å². The van der Waals surface area contributed by atoms with Gasteiger partial charge in [0.1, 0.15) is 5.84 Å². The minimum absolute atomic E-state index is 0.0533. The number of rotatable bonds is 4. The number of hydrogen-bond acceptors (Lipinski definition) is 3. The van der Waals surface area contributed by atoms with E-state index in [0.29, 0.717) is 13.0 Å².